The summed E-state index contributed by atoms with van der Waals surface area (Å²) in [5.74, 6) is -0.461. The Balaban J connectivity index is 2.26. The molecule has 1 saturated heterocycles. The Kier molecular flexibility index (Phi) is 6.44. The van der Waals surface area contributed by atoms with Gasteiger partial charge in [-0.2, -0.15) is 0 Å². The molecule has 114 valence electrons. The highest BCUT2D eigenvalue weighted by atomic mass is 16.5. The van der Waals surface area contributed by atoms with Crippen molar-refractivity contribution >= 4 is 17.9 Å². The summed E-state index contributed by atoms with van der Waals surface area (Å²) in [6.07, 6.45) is 0.680. The Morgan fingerprint density at radius 1 is 1.35 bits per heavy atom. The summed E-state index contributed by atoms with van der Waals surface area (Å²) in [7, 11) is 1.36. The number of carbonyl (C=O) groups excluding carboxylic acids is 3. The minimum atomic E-state index is -0.479. The molecule has 7 heteroatoms. The van der Waals surface area contributed by atoms with Gasteiger partial charge in [-0.1, -0.05) is 13.8 Å². The van der Waals surface area contributed by atoms with E-state index in [1.165, 1.54) is 7.11 Å². The molecule has 1 atom stereocenters. The van der Waals surface area contributed by atoms with Gasteiger partial charge in [0, 0.05) is 13.1 Å². The average Bonchev–Trinajstić information content (AvgIpc) is 2.83. The van der Waals surface area contributed by atoms with Crippen molar-refractivity contribution in [2.45, 2.75) is 20.3 Å². The van der Waals surface area contributed by atoms with Crippen LogP contribution in [0.3, 0.4) is 0 Å². The van der Waals surface area contributed by atoms with Gasteiger partial charge in [-0.3, -0.25) is 19.8 Å². The number of hydrogen-bond donors (Lipinski definition) is 2. The zero-order valence-electron chi connectivity index (χ0n) is 12.3. The van der Waals surface area contributed by atoms with Crippen LogP contribution in [0.15, 0.2) is 0 Å². The van der Waals surface area contributed by atoms with Crippen molar-refractivity contribution in [3.8, 4) is 0 Å². The normalized spacial score (nSPS) is 18.9. The molecular formula is C13H23N3O4. The lowest BCUT2D eigenvalue weighted by Crippen LogP contribution is -2.45. The molecule has 1 unspecified atom stereocenters. The first-order valence-corrected chi connectivity index (χ1v) is 6.80. The molecule has 0 aliphatic carbocycles. The molecule has 0 aromatic heterocycles. The van der Waals surface area contributed by atoms with Gasteiger partial charge in [-0.15, -0.1) is 0 Å². The second-order valence-corrected chi connectivity index (χ2v) is 5.40. The highest BCUT2D eigenvalue weighted by molar-refractivity contribution is 5.95. The third kappa shape index (κ3) is 5.56. The Hall–Kier alpha value is -1.63. The lowest BCUT2D eigenvalue weighted by Gasteiger charge is -2.15. The van der Waals surface area contributed by atoms with E-state index in [4.69, 9.17) is 0 Å². The molecule has 3 amide bonds. The van der Waals surface area contributed by atoms with Gasteiger partial charge in [0.05, 0.1) is 19.6 Å². The van der Waals surface area contributed by atoms with Crippen LogP contribution in [0, 0.1) is 11.8 Å². The van der Waals surface area contributed by atoms with Crippen molar-refractivity contribution in [3.05, 3.63) is 0 Å². The number of rotatable bonds is 5. The van der Waals surface area contributed by atoms with Crippen LogP contribution in [0.4, 0.5) is 4.79 Å². The molecule has 0 aromatic rings. The number of nitrogens with zero attached hydrogens (tertiary/aromatic N) is 1. The van der Waals surface area contributed by atoms with Crippen LogP contribution in [0.25, 0.3) is 0 Å². The van der Waals surface area contributed by atoms with E-state index in [2.05, 4.69) is 15.4 Å². The first-order chi connectivity index (χ1) is 9.42. The van der Waals surface area contributed by atoms with Gasteiger partial charge in [-0.25, -0.2) is 4.79 Å². The molecule has 1 fully saturated rings. The number of hydrogen-bond acceptors (Lipinski definition) is 5. The van der Waals surface area contributed by atoms with E-state index in [0.29, 0.717) is 32.0 Å². The van der Waals surface area contributed by atoms with Crippen molar-refractivity contribution in [1.82, 2.24) is 15.5 Å². The lowest BCUT2D eigenvalue weighted by molar-refractivity contribution is -0.145. The maximum absolute atomic E-state index is 11.7. The summed E-state index contributed by atoms with van der Waals surface area (Å²) in [4.78, 5) is 36.3. The fourth-order valence-electron chi connectivity index (χ4n) is 2.05. The molecule has 1 aliphatic heterocycles. The molecule has 20 heavy (non-hydrogen) atoms. The number of imide groups is 1. The van der Waals surface area contributed by atoms with Gasteiger partial charge in [0.2, 0.25) is 5.91 Å². The lowest BCUT2D eigenvalue weighted by atomic mass is 10.1. The topological polar surface area (TPSA) is 87.7 Å². The van der Waals surface area contributed by atoms with E-state index in [1.54, 1.807) is 0 Å². The van der Waals surface area contributed by atoms with Crippen LogP contribution in [-0.2, 0) is 14.3 Å². The van der Waals surface area contributed by atoms with Crippen molar-refractivity contribution in [1.29, 1.82) is 0 Å². The van der Waals surface area contributed by atoms with E-state index < -0.39 is 6.03 Å². The second kappa shape index (κ2) is 7.84. The fraction of sp³-hybridized carbons (Fsp3) is 0.769. The highest BCUT2D eigenvalue weighted by Gasteiger charge is 2.30. The smallest absolute Gasteiger partial charge is 0.321 e. The van der Waals surface area contributed by atoms with Gasteiger partial charge >= 0.3 is 12.0 Å². The van der Waals surface area contributed by atoms with Crippen LogP contribution < -0.4 is 10.6 Å². The minimum absolute atomic E-state index is 0.114. The summed E-state index contributed by atoms with van der Waals surface area (Å²) in [6.45, 7) is 5.73. The predicted molar refractivity (Wildman–Crippen MR) is 72.9 cm³/mol. The Morgan fingerprint density at radius 3 is 2.65 bits per heavy atom. The number of carbonyl (C=O) groups is 3. The molecule has 1 heterocycles. The number of amides is 3. The molecule has 0 saturated carbocycles. The Morgan fingerprint density at radius 2 is 2.05 bits per heavy atom. The van der Waals surface area contributed by atoms with Crippen molar-refractivity contribution in [2.24, 2.45) is 11.8 Å². The summed E-state index contributed by atoms with van der Waals surface area (Å²) in [5, 5.41) is 4.88. The molecule has 0 radical (unpaired) electrons. The number of esters is 1. The van der Waals surface area contributed by atoms with Gasteiger partial charge in [-0.05, 0) is 18.9 Å². The predicted octanol–water partition coefficient (Wildman–Crippen LogP) is -0.0369. The molecule has 0 spiro atoms. The number of ether oxygens (including phenoxy) is 1. The van der Waals surface area contributed by atoms with E-state index in [-0.39, 0.29) is 24.3 Å². The molecule has 0 aromatic carbocycles. The molecule has 7 nitrogen and oxygen atoms in total. The largest absolute Gasteiger partial charge is 0.469 e. The molecular weight excluding hydrogens is 262 g/mol. The first kappa shape index (κ1) is 16.4. The molecule has 0 bridgehead atoms. The molecule has 1 aliphatic rings. The summed E-state index contributed by atoms with van der Waals surface area (Å²) in [5.41, 5.74) is 0. The highest BCUT2D eigenvalue weighted by Crippen LogP contribution is 2.16. The van der Waals surface area contributed by atoms with E-state index in [0.717, 1.165) is 0 Å². The number of nitrogens with one attached hydrogen (secondary N) is 2. The van der Waals surface area contributed by atoms with Crippen molar-refractivity contribution in [3.63, 3.8) is 0 Å². The van der Waals surface area contributed by atoms with Gasteiger partial charge in [0.15, 0.2) is 0 Å². The van der Waals surface area contributed by atoms with Gasteiger partial charge < -0.3 is 10.1 Å². The molecule has 1 rings (SSSR count). The summed E-state index contributed by atoms with van der Waals surface area (Å²) in [6, 6.07) is -0.479. The minimum Gasteiger partial charge on any atom is -0.469 e. The summed E-state index contributed by atoms with van der Waals surface area (Å²) >= 11 is 0. The average molecular weight is 285 g/mol. The number of methoxy groups -OCH3 is 1. The number of likely N-dealkylation sites (tertiary alicyclic amines) is 1. The monoisotopic (exact) mass is 285 g/mol. The Bertz CT molecular complexity index is 371. The zero-order chi connectivity index (χ0) is 15.1. The summed E-state index contributed by atoms with van der Waals surface area (Å²) < 4.78 is 4.68. The zero-order valence-corrected chi connectivity index (χ0v) is 12.3. The number of urea groups is 1. The second-order valence-electron chi connectivity index (χ2n) is 5.40. The maximum Gasteiger partial charge on any atom is 0.321 e. The van der Waals surface area contributed by atoms with Crippen LogP contribution >= 0.6 is 0 Å². The quantitative estimate of drug-likeness (QED) is 0.692. The van der Waals surface area contributed by atoms with Crippen LogP contribution in [0.2, 0.25) is 0 Å². The first-order valence-electron chi connectivity index (χ1n) is 6.80. The standard InChI is InChI=1S/C13H23N3O4/c1-9(2)6-14-13(19)15-11(17)8-16-5-4-10(7-16)12(18)20-3/h9-10H,4-8H2,1-3H3,(H2,14,15,17,19). The molecule has 2 N–H and O–H groups in total. The van der Waals surface area contributed by atoms with E-state index in [9.17, 15) is 14.4 Å². The SMILES string of the molecule is COC(=O)C1CCN(CC(=O)NC(=O)NCC(C)C)C1. The fourth-order valence-corrected chi connectivity index (χ4v) is 2.05. The van der Waals surface area contributed by atoms with Gasteiger partial charge in [0.1, 0.15) is 0 Å². The Labute approximate surface area is 119 Å². The third-order valence-electron chi connectivity index (χ3n) is 3.10. The maximum atomic E-state index is 11.7. The van der Waals surface area contributed by atoms with Crippen LogP contribution in [-0.4, -0.2) is 56.1 Å². The van der Waals surface area contributed by atoms with Gasteiger partial charge in [0.25, 0.3) is 0 Å². The van der Waals surface area contributed by atoms with Crippen molar-refractivity contribution < 1.29 is 19.1 Å². The van der Waals surface area contributed by atoms with Crippen LogP contribution in [0.1, 0.15) is 20.3 Å². The van der Waals surface area contributed by atoms with Crippen LogP contribution in [0.5, 0.6) is 0 Å². The third-order valence-corrected chi connectivity index (χ3v) is 3.10. The van der Waals surface area contributed by atoms with E-state index in [1.807, 2.05) is 18.7 Å². The van der Waals surface area contributed by atoms with Crippen molar-refractivity contribution in [2.75, 3.05) is 33.3 Å². The van der Waals surface area contributed by atoms with E-state index >= 15 is 0 Å².